The van der Waals surface area contributed by atoms with Gasteiger partial charge in [0, 0.05) is 36.0 Å². The molecule has 4 aromatic rings. The van der Waals surface area contributed by atoms with Gasteiger partial charge in [-0.05, 0) is 25.1 Å². The van der Waals surface area contributed by atoms with Crippen molar-refractivity contribution in [1.29, 1.82) is 0 Å². The van der Waals surface area contributed by atoms with Gasteiger partial charge in [0.15, 0.2) is 12.2 Å². The lowest BCUT2D eigenvalue weighted by atomic mass is 10.1. The van der Waals surface area contributed by atoms with Crippen molar-refractivity contribution in [3.63, 3.8) is 0 Å². The SMILES string of the molecule is CCn1c(=O)/c(=C2\Sc3cc(Cl)ccc3N2C)s/c1=C\c1scc[n+]1[C@@H](C)c1ccccc1.[Cl-]. The van der Waals surface area contributed by atoms with E-state index in [0.29, 0.717) is 11.6 Å². The average molecular weight is 549 g/mol. The summed E-state index contributed by atoms with van der Waals surface area (Å²) in [7, 11) is 2.01. The van der Waals surface area contributed by atoms with Gasteiger partial charge in [0.05, 0.1) is 17.1 Å². The number of anilines is 1. The molecule has 9 heteroatoms. The predicted molar refractivity (Wildman–Crippen MR) is 141 cm³/mol. The fourth-order valence-electron chi connectivity index (χ4n) is 4.02. The van der Waals surface area contributed by atoms with Crippen LogP contribution in [0.1, 0.15) is 30.5 Å². The van der Waals surface area contributed by atoms with Crippen LogP contribution >= 0.6 is 46.0 Å². The minimum absolute atomic E-state index is 0. The molecule has 2 aromatic carbocycles. The number of rotatable bonds is 4. The highest BCUT2D eigenvalue weighted by atomic mass is 35.5. The van der Waals surface area contributed by atoms with Crippen LogP contribution in [0.2, 0.25) is 5.02 Å². The Morgan fingerprint density at radius 1 is 1.18 bits per heavy atom. The van der Waals surface area contributed by atoms with Gasteiger partial charge < -0.3 is 17.3 Å². The number of aromatic nitrogens is 2. The summed E-state index contributed by atoms with van der Waals surface area (Å²) in [5.41, 5.74) is 2.39. The van der Waals surface area contributed by atoms with E-state index >= 15 is 0 Å². The number of benzene rings is 2. The number of thioether (sulfide) groups is 1. The Hall–Kier alpha value is -2.03. The van der Waals surface area contributed by atoms with Crippen molar-refractivity contribution in [2.24, 2.45) is 0 Å². The Kier molecular flexibility index (Phi) is 7.60. The van der Waals surface area contributed by atoms with E-state index in [2.05, 4.69) is 58.3 Å². The second-order valence-electron chi connectivity index (χ2n) is 7.78. The maximum atomic E-state index is 13.4. The molecule has 2 aromatic heterocycles. The molecule has 0 spiro atoms. The molecule has 1 aliphatic heterocycles. The molecule has 0 bridgehead atoms. The summed E-state index contributed by atoms with van der Waals surface area (Å²) >= 11 is 11.1. The van der Waals surface area contributed by atoms with Crippen molar-refractivity contribution in [2.75, 3.05) is 11.9 Å². The maximum absolute atomic E-state index is 13.4. The molecule has 0 saturated heterocycles. The molecule has 1 atom stereocenters. The van der Waals surface area contributed by atoms with Crippen molar-refractivity contribution in [2.45, 2.75) is 31.3 Å². The Morgan fingerprint density at radius 2 is 1.94 bits per heavy atom. The average Bonchev–Trinajstić information content (AvgIpc) is 3.50. The molecule has 1 aliphatic rings. The van der Waals surface area contributed by atoms with Crippen molar-refractivity contribution >= 4 is 62.8 Å². The van der Waals surface area contributed by atoms with Crippen molar-refractivity contribution in [1.82, 2.24) is 4.57 Å². The summed E-state index contributed by atoms with van der Waals surface area (Å²) in [4.78, 5) is 16.6. The van der Waals surface area contributed by atoms with Crippen molar-refractivity contribution < 1.29 is 17.0 Å². The molecule has 0 unspecified atom stereocenters. The predicted octanol–water partition coefficient (Wildman–Crippen LogP) is 1.68. The van der Waals surface area contributed by atoms with Gasteiger partial charge in [-0.3, -0.25) is 9.36 Å². The summed E-state index contributed by atoms with van der Waals surface area (Å²) in [6.45, 7) is 4.85. The van der Waals surface area contributed by atoms with Gasteiger partial charge in [0.25, 0.3) is 10.6 Å². The van der Waals surface area contributed by atoms with Crippen LogP contribution in [-0.2, 0) is 6.54 Å². The number of fused-ring (bicyclic) bond motifs is 1. The van der Waals surface area contributed by atoms with Crippen LogP contribution in [0.25, 0.3) is 11.1 Å². The highest BCUT2D eigenvalue weighted by Gasteiger charge is 2.25. The molecule has 5 rings (SSSR count). The lowest BCUT2D eigenvalue weighted by molar-refractivity contribution is -0.707. The summed E-state index contributed by atoms with van der Waals surface area (Å²) in [5.74, 6) is 0. The van der Waals surface area contributed by atoms with Crippen LogP contribution in [0.3, 0.4) is 0 Å². The maximum Gasteiger partial charge on any atom is 0.271 e. The Balaban J connectivity index is 0.00000274. The quantitative estimate of drug-likeness (QED) is 0.364. The van der Waals surface area contributed by atoms with E-state index in [0.717, 1.165) is 29.8 Å². The van der Waals surface area contributed by atoms with Gasteiger partial charge in [-0.2, -0.15) is 4.57 Å². The minimum Gasteiger partial charge on any atom is -1.00 e. The van der Waals surface area contributed by atoms with Crippen LogP contribution < -0.4 is 36.6 Å². The molecule has 0 saturated carbocycles. The van der Waals surface area contributed by atoms with Gasteiger partial charge in [-0.25, -0.2) is 0 Å². The third-order valence-electron chi connectivity index (χ3n) is 5.83. The first-order chi connectivity index (χ1) is 16.0. The van der Waals surface area contributed by atoms with Crippen LogP contribution in [0.4, 0.5) is 5.69 Å². The zero-order valence-corrected chi connectivity index (χ0v) is 22.8. The minimum atomic E-state index is 0. The highest BCUT2D eigenvalue weighted by Crippen LogP contribution is 2.46. The molecular weight excluding hydrogens is 525 g/mol. The molecule has 0 radical (unpaired) electrons. The standard InChI is InChI=1S/C25H23ClN3OS3.ClH/c1-4-28-22(15-21-29(12-13-31-21)16(2)17-8-6-5-7-9-17)33-23(24(28)30)25-27(3)19-11-10-18(26)14-20(19)32-25;/h5-16H,4H2,1-3H3;1H/q+1;/p-1/b25-23+;/t16-;/m0./s1. The molecular formula is C25H23Cl2N3OS3. The monoisotopic (exact) mass is 547 g/mol. The molecule has 34 heavy (non-hydrogen) atoms. The third kappa shape index (κ3) is 4.48. The highest BCUT2D eigenvalue weighted by molar-refractivity contribution is 8.08. The summed E-state index contributed by atoms with van der Waals surface area (Å²) in [5, 5.41) is 4.88. The Labute approximate surface area is 221 Å². The first-order valence-electron chi connectivity index (χ1n) is 10.7. The van der Waals surface area contributed by atoms with E-state index in [1.54, 1.807) is 34.4 Å². The lowest BCUT2D eigenvalue weighted by Gasteiger charge is -2.12. The molecule has 0 aliphatic carbocycles. The Bertz CT molecular complexity index is 1510. The molecule has 0 N–H and O–H groups in total. The van der Waals surface area contributed by atoms with E-state index in [9.17, 15) is 4.79 Å². The second kappa shape index (κ2) is 10.3. The summed E-state index contributed by atoms with van der Waals surface area (Å²) in [6.07, 6.45) is 4.26. The van der Waals surface area contributed by atoms with Gasteiger partial charge in [0.1, 0.15) is 14.2 Å². The van der Waals surface area contributed by atoms with E-state index in [-0.39, 0.29) is 24.0 Å². The molecule has 3 heterocycles. The molecule has 0 amide bonds. The fourth-order valence-corrected chi connectivity index (χ4v) is 7.68. The summed E-state index contributed by atoms with van der Waals surface area (Å²) in [6, 6.07) is 16.5. The topological polar surface area (TPSA) is 29.1 Å². The molecule has 176 valence electrons. The van der Waals surface area contributed by atoms with Gasteiger partial charge in [-0.15, -0.1) is 11.3 Å². The van der Waals surface area contributed by atoms with Crippen molar-refractivity contribution in [3.8, 4) is 0 Å². The van der Waals surface area contributed by atoms with Crippen LogP contribution in [0.15, 0.2) is 69.8 Å². The van der Waals surface area contributed by atoms with E-state index in [4.69, 9.17) is 11.6 Å². The van der Waals surface area contributed by atoms with E-state index < -0.39 is 0 Å². The van der Waals surface area contributed by atoms with Gasteiger partial charge in [-0.1, -0.05) is 65.0 Å². The first-order valence-corrected chi connectivity index (χ1v) is 13.6. The number of hydrogen-bond acceptors (Lipinski definition) is 5. The number of thiazole rings is 2. The van der Waals surface area contributed by atoms with Crippen molar-refractivity contribution in [3.05, 3.63) is 95.3 Å². The zero-order chi connectivity index (χ0) is 23.1. The Morgan fingerprint density at radius 3 is 2.68 bits per heavy atom. The smallest absolute Gasteiger partial charge is 0.271 e. The van der Waals surface area contributed by atoms with Gasteiger partial charge in [0.2, 0.25) is 0 Å². The van der Waals surface area contributed by atoms with E-state index in [1.165, 1.54) is 5.56 Å². The van der Waals surface area contributed by atoms with Crippen LogP contribution in [-0.4, -0.2) is 11.6 Å². The number of nitrogens with zero attached hydrogens (tertiary/aromatic N) is 3. The second-order valence-corrected chi connectivity index (χ2v) is 11.2. The number of hydrogen-bond donors (Lipinski definition) is 0. The molecule has 4 nitrogen and oxygen atoms in total. The number of halogens is 2. The first kappa shape index (κ1) is 25.1. The lowest BCUT2D eigenvalue weighted by Crippen LogP contribution is -3.00. The zero-order valence-electron chi connectivity index (χ0n) is 18.9. The fraction of sp³-hybridized carbons (Fsp3) is 0.200. The van der Waals surface area contributed by atoms with Crippen LogP contribution in [0.5, 0.6) is 0 Å². The van der Waals surface area contributed by atoms with Crippen LogP contribution in [0, 0.1) is 0 Å². The molecule has 0 fully saturated rings. The van der Waals surface area contributed by atoms with Gasteiger partial charge >= 0.3 is 0 Å². The summed E-state index contributed by atoms with van der Waals surface area (Å²) < 4.78 is 5.87. The van der Waals surface area contributed by atoms with E-state index in [1.807, 2.05) is 42.8 Å². The normalized spacial score (nSPS) is 15.9. The third-order valence-corrected chi connectivity index (χ3v) is 9.36. The largest absolute Gasteiger partial charge is 1.00 e.